The van der Waals surface area contributed by atoms with E-state index in [0.717, 1.165) is 34.1 Å². The van der Waals surface area contributed by atoms with Crippen LogP contribution < -0.4 is 5.32 Å². The first kappa shape index (κ1) is 19.6. The number of amides is 2. The number of carbonyl (C=O) groups is 1. The highest BCUT2D eigenvalue weighted by Gasteiger charge is 2.34. The van der Waals surface area contributed by atoms with Crippen LogP contribution in [0.5, 0.6) is 0 Å². The third-order valence-electron chi connectivity index (χ3n) is 5.99. The van der Waals surface area contributed by atoms with Crippen molar-refractivity contribution >= 4 is 34.2 Å². The number of hydrogen-bond acceptors (Lipinski definition) is 1. The van der Waals surface area contributed by atoms with Crippen molar-refractivity contribution in [2.24, 2.45) is 0 Å². The number of nitrogens with zero attached hydrogens (tertiary/aromatic N) is 1. The molecule has 156 valence electrons. The molecule has 0 radical (unpaired) electrons. The fraction of sp³-hybridized carbons (Fsp3) is 0.160. The van der Waals surface area contributed by atoms with E-state index in [-0.39, 0.29) is 17.9 Å². The Morgan fingerprint density at radius 3 is 2.68 bits per heavy atom. The molecule has 2 heterocycles. The number of nitrogens with one attached hydrogen (secondary N) is 2. The fourth-order valence-electron chi connectivity index (χ4n) is 4.38. The Morgan fingerprint density at radius 1 is 1.10 bits per heavy atom. The van der Waals surface area contributed by atoms with Gasteiger partial charge in [-0.2, -0.15) is 0 Å². The molecule has 2 N–H and O–H groups in total. The zero-order valence-electron chi connectivity index (χ0n) is 17.0. The maximum atomic E-state index is 13.6. The summed E-state index contributed by atoms with van der Waals surface area (Å²) in [5.41, 5.74) is 5.56. The van der Waals surface area contributed by atoms with E-state index in [0.29, 0.717) is 17.3 Å². The van der Waals surface area contributed by atoms with Crippen molar-refractivity contribution in [2.75, 3.05) is 11.9 Å². The summed E-state index contributed by atoms with van der Waals surface area (Å²) in [5.74, 6) is -0.304. The minimum Gasteiger partial charge on any atom is -0.356 e. The summed E-state index contributed by atoms with van der Waals surface area (Å²) in [4.78, 5) is 18.7. The molecule has 0 unspecified atom stereocenters. The maximum absolute atomic E-state index is 13.6. The summed E-state index contributed by atoms with van der Waals surface area (Å²) in [6, 6.07) is 19.4. The first-order chi connectivity index (χ1) is 15.0. The Kier molecular flexibility index (Phi) is 4.91. The molecule has 5 rings (SSSR count). The van der Waals surface area contributed by atoms with Gasteiger partial charge in [-0.25, -0.2) is 9.18 Å². The minimum atomic E-state index is -0.351. The molecule has 31 heavy (non-hydrogen) atoms. The lowest BCUT2D eigenvalue weighted by Gasteiger charge is -2.36. The number of anilines is 1. The molecule has 1 aliphatic rings. The molecule has 1 aromatic heterocycles. The van der Waals surface area contributed by atoms with Crippen LogP contribution in [-0.4, -0.2) is 22.5 Å². The number of urea groups is 1. The molecule has 0 bridgehead atoms. The van der Waals surface area contributed by atoms with Crippen LogP contribution in [-0.2, 0) is 6.42 Å². The van der Waals surface area contributed by atoms with Gasteiger partial charge in [-0.3, -0.25) is 0 Å². The molecule has 3 aromatic carbocycles. The Hall–Kier alpha value is -3.31. The van der Waals surface area contributed by atoms with Crippen molar-refractivity contribution in [3.63, 3.8) is 0 Å². The molecule has 0 saturated carbocycles. The number of benzene rings is 3. The molecule has 0 spiro atoms. The summed E-state index contributed by atoms with van der Waals surface area (Å²) in [7, 11) is 0. The molecule has 0 fully saturated rings. The van der Waals surface area contributed by atoms with E-state index in [1.807, 2.05) is 37.3 Å². The molecule has 4 aromatic rings. The van der Waals surface area contributed by atoms with Crippen molar-refractivity contribution in [2.45, 2.75) is 19.4 Å². The molecule has 1 aliphatic heterocycles. The molecule has 4 nitrogen and oxygen atoms in total. The van der Waals surface area contributed by atoms with Crippen molar-refractivity contribution in [1.29, 1.82) is 0 Å². The van der Waals surface area contributed by atoms with E-state index in [1.165, 1.54) is 17.7 Å². The lowest BCUT2D eigenvalue weighted by molar-refractivity contribution is 0.193. The first-order valence-electron chi connectivity index (χ1n) is 10.2. The molecule has 1 atom stereocenters. The number of aromatic nitrogens is 1. The van der Waals surface area contributed by atoms with Crippen LogP contribution in [0, 0.1) is 12.7 Å². The number of halogens is 2. The predicted molar refractivity (Wildman–Crippen MR) is 122 cm³/mol. The SMILES string of the molecule is Cc1c(Cl)cccc1NC(=O)N1CCc2c([nH]c3ccccc23)[C@H]1c1ccc(F)cc1. The highest BCUT2D eigenvalue weighted by Crippen LogP contribution is 2.39. The van der Waals surface area contributed by atoms with E-state index >= 15 is 0 Å². The average Bonchev–Trinajstić information content (AvgIpc) is 3.15. The van der Waals surface area contributed by atoms with E-state index in [2.05, 4.69) is 16.4 Å². The number of hydrogen-bond donors (Lipinski definition) is 2. The Balaban J connectivity index is 1.58. The van der Waals surface area contributed by atoms with Crippen molar-refractivity contribution in [1.82, 2.24) is 9.88 Å². The number of carbonyl (C=O) groups excluding carboxylic acids is 1. The van der Waals surface area contributed by atoms with Crippen molar-refractivity contribution in [3.05, 3.63) is 100.0 Å². The second kappa shape index (κ2) is 7.75. The summed E-state index contributed by atoms with van der Waals surface area (Å²) in [6.45, 7) is 2.42. The third kappa shape index (κ3) is 3.45. The minimum absolute atomic E-state index is 0.219. The average molecular weight is 434 g/mol. The quantitative estimate of drug-likeness (QED) is 0.375. The van der Waals surface area contributed by atoms with Gasteiger partial charge >= 0.3 is 6.03 Å². The molecule has 0 aliphatic carbocycles. The number of aromatic amines is 1. The van der Waals surface area contributed by atoms with E-state index in [9.17, 15) is 9.18 Å². The summed E-state index contributed by atoms with van der Waals surface area (Å²) in [5, 5.41) is 4.77. The second-order valence-electron chi connectivity index (χ2n) is 7.80. The number of rotatable bonds is 2. The zero-order chi connectivity index (χ0) is 21.5. The molecular formula is C25H21ClFN3O. The molecular weight excluding hydrogens is 413 g/mol. The van der Waals surface area contributed by atoms with E-state index in [1.54, 1.807) is 23.1 Å². The van der Waals surface area contributed by atoms with Gasteiger partial charge in [-0.1, -0.05) is 48.0 Å². The normalized spacial score (nSPS) is 15.7. The highest BCUT2D eigenvalue weighted by molar-refractivity contribution is 6.31. The topological polar surface area (TPSA) is 48.1 Å². The van der Waals surface area contributed by atoms with Gasteiger partial charge in [0, 0.05) is 33.9 Å². The fourth-order valence-corrected chi connectivity index (χ4v) is 4.56. The maximum Gasteiger partial charge on any atom is 0.322 e. The van der Waals surface area contributed by atoms with E-state index < -0.39 is 0 Å². The number of fused-ring (bicyclic) bond motifs is 3. The van der Waals surface area contributed by atoms with Gasteiger partial charge in [0.15, 0.2) is 0 Å². The van der Waals surface area contributed by atoms with Gasteiger partial charge in [0.25, 0.3) is 0 Å². The van der Waals surface area contributed by atoms with Crippen molar-refractivity contribution < 1.29 is 9.18 Å². The summed E-state index contributed by atoms with van der Waals surface area (Å²) < 4.78 is 13.6. The molecule has 6 heteroatoms. The largest absolute Gasteiger partial charge is 0.356 e. The zero-order valence-corrected chi connectivity index (χ0v) is 17.7. The van der Waals surface area contributed by atoms with Crippen LogP contribution in [0.4, 0.5) is 14.9 Å². The van der Waals surface area contributed by atoms with Crippen LogP contribution in [0.3, 0.4) is 0 Å². The Morgan fingerprint density at radius 2 is 1.87 bits per heavy atom. The predicted octanol–water partition coefficient (Wildman–Crippen LogP) is 6.45. The van der Waals surface area contributed by atoms with Gasteiger partial charge < -0.3 is 15.2 Å². The highest BCUT2D eigenvalue weighted by atomic mass is 35.5. The second-order valence-corrected chi connectivity index (χ2v) is 8.21. The number of H-pyrrole nitrogens is 1. The van der Waals surface area contributed by atoms with Crippen LogP contribution >= 0.6 is 11.6 Å². The summed E-state index contributed by atoms with van der Waals surface area (Å²) in [6.07, 6.45) is 0.735. The monoisotopic (exact) mass is 433 g/mol. The van der Waals surface area contributed by atoms with Crippen LogP contribution in [0.15, 0.2) is 66.7 Å². The third-order valence-corrected chi connectivity index (χ3v) is 6.40. The van der Waals surface area contributed by atoms with Gasteiger partial charge in [-0.05, 0) is 60.4 Å². The van der Waals surface area contributed by atoms with Crippen LogP contribution in [0.2, 0.25) is 5.02 Å². The van der Waals surface area contributed by atoms with Gasteiger partial charge in [-0.15, -0.1) is 0 Å². The lowest BCUT2D eigenvalue weighted by Crippen LogP contribution is -2.43. The molecule has 0 saturated heterocycles. The van der Waals surface area contributed by atoms with Gasteiger partial charge in [0.2, 0.25) is 0 Å². The van der Waals surface area contributed by atoms with Gasteiger partial charge in [0.05, 0.1) is 6.04 Å². The smallest absolute Gasteiger partial charge is 0.322 e. The molecule has 2 amide bonds. The summed E-state index contributed by atoms with van der Waals surface area (Å²) >= 11 is 6.23. The van der Waals surface area contributed by atoms with Crippen LogP contribution in [0.25, 0.3) is 10.9 Å². The standard InChI is InChI=1S/C25H21ClFN3O/c1-15-20(26)6-4-8-21(15)29-25(31)30-14-13-19-18-5-2-3-7-22(18)28-23(19)24(30)16-9-11-17(27)12-10-16/h2-12,24,28H,13-14H2,1H3,(H,29,31)/t24-/m1/s1. The van der Waals surface area contributed by atoms with Crippen molar-refractivity contribution in [3.8, 4) is 0 Å². The van der Waals surface area contributed by atoms with Gasteiger partial charge in [0.1, 0.15) is 5.82 Å². The Bertz CT molecular complexity index is 1280. The lowest BCUT2D eigenvalue weighted by atomic mass is 9.92. The van der Waals surface area contributed by atoms with Crippen LogP contribution in [0.1, 0.15) is 28.4 Å². The Labute approximate surface area is 184 Å². The number of para-hydroxylation sites is 1. The first-order valence-corrected chi connectivity index (χ1v) is 10.6. The van der Waals surface area contributed by atoms with E-state index in [4.69, 9.17) is 11.6 Å².